The van der Waals surface area contributed by atoms with Crippen molar-refractivity contribution >= 4 is 23.3 Å². The van der Waals surface area contributed by atoms with Gasteiger partial charge in [-0.15, -0.1) is 0 Å². The Morgan fingerprint density at radius 2 is 1.86 bits per heavy atom. The van der Waals surface area contributed by atoms with Gasteiger partial charge in [0.05, 0.1) is 5.92 Å². The maximum Gasteiger partial charge on any atom is 0.223 e. The van der Waals surface area contributed by atoms with E-state index in [4.69, 9.17) is 11.6 Å². The molecular weight excluding hydrogens is 286 g/mol. The minimum absolute atomic E-state index is 0.0105. The van der Waals surface area contributed by atoms with E-state index in [-0.39, 0.29) is 29.1 Å². The minimum atomic E-state index is -0.209. The Kier molecular flexibility index (Phi) is 3.56. The lowest BCUT2D eigenvalue weighted by Crippen LogP contribution is -2.56. The number of hydrogen-bond donors (Lipinski definition) is 0. The first-order valence-corrected chi connectivity index (χ1v) is 7.83. The molecule has 0 N–H and O–H groups in total. The number of halogens is 1. The Morgan fingerprint density at radius 3 is 2.52 bits per heavy atom. The molecule has 0 saturated carbocycles. The first-order chi connectivity index (χ1) is 9.87. The molecule has 4 heteroatoms. The van der Waals surface area contributed by atoms with Gasteiger partial charge in [0.2, 0.25) is 5.91 Å². The molecule has 0 unspecified atom stereocenters. The normalized spacial score (nSPS) is 28.4. The second kappa shape index (κ2) is 5.13. The second-order valence-electron chi connectivity index (χ2n) is 6.95. The molecule has 2 heterocycles. The van der Waals surface area contributed by atoms with Crippen LogP contribution in [0.25, 0.3) is 0 Å². The molecule has 2 aliphatic heterocycles. The van der Waals surface area contributed by atoms with E-state index in [1.165, 1.54) is 0 Å². The fraction of sp³-hybridized carbons (Fsp3) is 0.529. The Bertz CT molecular complexity index is 579. The van der Waals surface area contributed by atoms with Crippen molar-refractivity contribution in [2.45, 2.75) is 45.1 Å². The van der Waals surface area contributed by atoms with E-state index < -0.39 is 0 Å². The van der Waals surface area contributed by atoms with Crippen molar-refractivity contribution in [1.29, 1.82) is 0 Å². The van der Waals surface area contributed by atoms with Gasteiger partial charge < -0.3 is 4.90 Å². The van der Waals surface area contributed by atoms with E-state index in [9.17, 15) is 9.59 Å². The zero-order valence-electron chi connectivity index (χ0n) is 12.4. The predicted molar refractivity (Wildman–Crippen MR) is 82.3 cm³/mol. The van der Waals surface area contributed by atoms with Gasteiger partial charge in [0.25, 0.3) is 0 Å². The first-order valence-electron chi connectivity index (χ1n) is 7.45. The number of carbonyl (C=O) groups excluding carboxylic acids is 2. The van der Waals surface area contributed by atoms with Crippen molar-refractivity contribution in [1.82, 2.24) is 4.90 Å². The van der Waals surface area contributed by atoms with E-state index in [0.29, 0.717) is 24.4 Å². The van der Waals surface area contributed by atoms with Gasteiger partial charge in [0, 0.05) is 30.5 Å². The van der Waals surface area contributed by atoms with Gasteiger partial charge >= 0.3 is 0 Å². The van der Waals surface area contributed by atoms with E-state index in [1.54, 1.807) is 0 Å². The Hall–Kier alpha value is -1.35. The van der Waals surface area contributed by atoms with Crippen LogP contribution in [0, 0.1) is 5.41 Å². The lowest BCUT2D eigenvalue weighted by molar-refractivity contribution is -0.147. The number of ketones is 1. The highest BCUT2D eigenvalue weighted by Crippen LogP contribution is 2.43. The summed E-state index contributed by atoms with van der Waals surface area (Å²) in [5.41, 5.74) is 0.935. The smallest absolute Gasteiger partial charge is 0.223 e. The van der Waals surface area contributed by atoms with Crippen molar-refractivity contribution in [2.75, 3.05) is 6.54 Å². The standard InChI is InChI=1S/C17H20ClNO2/c1-17(2)9-13-16(11-3-5-12(18)6-4-11)14(20)7-8-19(13)15(21)10-17/h3-6,13,16H,7-10H2,1-2H3/t13-,16-/m0/s1. The molecule has 1 amide bonds. The Morgan fingerprint density at radius 1 is 1.19 bits per heavy atom. The monoisotopic (exact) mass is 305 g/mol. The molecule has 0 spiro atoms. The summed E-state index contributed by atoms with van der Waals surface area (Å²) in [4.78, 5) is 26.8. The van der Waals surface area contributed by atoms with Gasteiger partial charge in [-0.05, 0) is 29.5 Å². The predicted octanol–water partition coefficient (Wildman–Crippen LogP) is 3.41. The molecule has 0 bridgehead atoms. The molecule has 3 rings (SSSR count). The largest absolute Gasteiger partial charge is 0.338 e. The maximum absolute atomic E-state index is 12.5. The highest BCUT2D eigenvalue weighted by atomic mass is 35.5. The van der Waals surface area contributed by atoms with Crippen molar-refractivity contribution < 1.29 is 9.59 Å². The fourth-order valence-electron chi connectivity index (χ4n) is 3.71. The van der Waals surface area contributed by atoms with Crippen LogP contribution in [0.15, 0.2) is 24.3 Å². The zero-order chi connectivity index (χ0) is 15.2. The summed E-state index contributed by atoms with van der Waals surface area (Å²) in [5.74, 6) is 0.214. The third kappa shape index (κ3) is 2.71. The summed E-state index contributed by atoms with van der Waals surface area (Å²) >= 11 is 5.94. The van der Waals surface area contributed by atoms with Crippen molar-refractivity contribution in [3.05, 3.63) is 34.9 Å². The van der Waals surface area contributed by atoms with E-state index in [0.717, 1.165) is 12.0 Å². The second-order valence-corrected chi connectivity index (χ2v) is 7.38. The van der Waals surface area contributed by atoms with Crippen LogP contribution in [0.2, 0.25) is 5.02 Å². The summed E-state index contributed by atoms with van der Waals surface area (Å²) in [6, 6.07) is 7.46. The molecule has 1 aromatic carbocycles. The van der Waals surface area contributed by atoms with Crippen molar-refractivity contribution in [3.8, 4) is 0 Å². The summed E-state index contributed by atoms with van der Waals surface area (Å²) in [5, 5.41) is 0.666. The number of Topliss-reactive ketones (excluding diaryl/α,β-unsaturated/α-hetero) is 1. The van der Waals surface area contributed by atoms with Crippen LogP contribution in [0.1, 0.15) is 44.6 Å². The SMILES string of the molecule is CC1(C)CC(=O)N2CCC(=O)[C@@H](c3ccc(Cl)cc3)[C@@H]2C1. The average molecular weight is 306 g/mol. The molecule has 21 heavy (non-hydrogen) atoms. The molecule has 2 aliphatic rings. The van der Waals surface area contributed by atoms with Crippen LogP contribution in [-0.2, 0) is 9.59 Å². The van der Waals surface area contributed by atoms with Gasteiger partial charge in [-0.1, -0.05) is 37.6 Å². The van der Waals surface area contributed by atoms with Crippen LogP contribution in [-0.4, -0.2) is 29.2 Å². The Labute approximate surface area is 130 Å². The highest BCUT2D eigenvalue weighted by molar-refractivity contribution is 6.30. The molecule has 112 valence electrons. The number of fused-ring (bicyclic) bond motifs is 1. The van der Waals surface area contributed by atoms with Gasteiger partial charge in [-0.25, -0.2) is 0 Å². The average Bonchev–Trinajstić information content (AvgIpc) is 2.38. The van der Waals surface area contributed by atoms with Crippen LogP contribution in [0.5, 0.6) is 0 Å². The summed E-state index contributed by atoms with van der Waals surface area (Å²) in [6.45, 7) is 4.79. The number of benzene rings is 1. The van der Waals surface area contributed by atoms with Gasteiger partial charge in [-0.3, -0.25) is 9.59 Å². The summed E-state index contributed by atoms with van der Waals surface area (Å²) < 4.78 is 0. The first kappa shape index (κ1) is 14.6. The molecule has 0 aliphatic carbocycles. The highest BCUT2D eigenvalue weighted by Gasteiger charge is 2.46. The quantitative estimate of drug-likeness (QED) is 0.797. The van der Waals surface area contributed by atoms with Crippen LogP contribution in [0.4, 0.5) is 0 Å². The van der Waals surface area contributed by atoms with Crippen LogP contribution in [0.3, 0.4) is 0 Å². The molecular formula is C17H20ClNO2. The number of nitrogens with zero attached hydrogens (tertiary/aromatic N) is 1. The van der Waals surface area contributed by atoms with E-state index >= 15 is 0 Å². The lowest BCUT2D eigenvalue weighted by atomic mass is 9.70. The molecule has 1 aromatic rings. The topological polar surface area (TPSA) is 37.4 Å². The third-order valence-electron chi connectivity index (χ3n) is 4.67. The van der Waals surface area contributed by atoms with Gasteiger partial charge in [0.15, 0.2) is 0 Å². The zero-order valence-corrected chi connectivity index (χ0v) is 13.2. The van der Waals surface area contributed by atoms with Gasteiger partial charge in [0.1, 0.15) is 5.78 Å². The molecule has 2 saturated heterocycles. The third-order valence-corrected chi connectivity index (χ3v) is 4.92. The van der Waals surface area contributed by atoms with E-state index in [2.05, 4.69) is 13.8 Å². The van der Waals surface area contributed by atoms with Crippen molar-refractivity contribution in [3.63, 3.8) is 0 Å². The summed E-state index contributed by atoms with van der Waals surface area (Å²) in [7, 11) is 0. The fourth-order valence-corrected chi connectivity index (χ4v) is 3.84. The molecule has 3 nitrogen and oxygen atoms in total. The van der Waals surface area contributed by atoms with E-state index in [1.807, 2.05) is 29.2 Å². The number of amides is 1. The Balaban J connectivity index is 1.98. The number of rotatable bonds is 1. The molecule has 2 atom stereocenters. The summed E-state index contributed by atoms with van der Waals surface area (Å²) in [6.07, 6.45) is 1.90. The maximum atomic E-state index is 12.5. The lowest BCUT2D eigenvalue weighted by Gasteiger charge is -2.48. The number of carbonyl (C=O) groups is 2. The van der Waals surface area contributed by atoms with Crippen LogP contribution >= 0.6 is 11.6 Å². The van der Waals surface area contributed by atoms with Gasteiger partial charge in [-0.2, -0.15) is 0 Å². The number of piperidine rings is 2. The minimum Gasteiger partial charge on any atom is -0.338 e. The number of hydrogen-bond acceptors (Lipinski definition) is 2. The van der Waals surface area contributed by atoms with Crippen molar-refractivity contribution in [2.24, 2.45) is 5.41 Å². The molecule has 2 fully saturated rings. The molecule has 0 aromatic heterocycles. The van der Waals surface area contributed by atoms with Crippen LogP contribution < -0.4 is 0 Å². The molecule has 0 radical (unpaired) electrons.